The van der Waals surface area contributed by atoms with Crippen LogP contribution in [0.15, 0.2) is 72.8 Å². The van der Waals surface area contributed by atoms with Crippen molar-refractivity contribution in [2.24, 2.45) is 5.92 Å². The molecule has 0 aromatic heterocycles. The van der Waals surface area contributed by atoms with E-state index in [1.807, 2.05) is 18.2 Å². The molecule has 1 fully saturated rings. The molecular formula is C23H21N3O6. The molecule has 9 nitrogen and oxygen atoms in total. The Balaban J connectivity index is 1.78. The predicted octanol–water partition coefficient (Wildman–Crippen LogP) is 2.56. The number of ketones is 2. The van der Waals surface area contributed by atoms with Crippen LogP contribution >= 0.6 is 0 Å². The molecule has 9 heteroatoms. The van der Waals surface area contributed by atoms with E-state index in [-0.39, 0.29) is 19.6 Å². The lowest BCUT2D eigenvalue weighted by Gasteiger charge is -2.48. The third-order valence-corrected chi connectivity index (χ3v) is 6.47. The van der Waals surface area contributed by atoms with Gasteiger partial charge in [0, 0.05) is 28.4 Å². The Bertz CT molecular complexity index is 1100. The van der Waals surface area contributed by atoms with Crippen LogP contribution in [0.2, 0.25) is 0 Å². The SMILES string of the molecule is O=C(C[C@@H]1[C@]2([N+](=O)[O-])C=CC(=O)[C@@]1([N+](=O)[O-])CN(Cc1ccccc1)C2)c1ccccc1. The first-order valence-corrected chi connectivity index (χ1v) is 10.2. The highest BCUT2D eigenvalue weighted by Gasteiger charge is 2.74. The monoisotopic (exact) mass is 435 g/mol. The number of hydrogen-bond donors (Lipinski definition) is 0. The summed E-state index contributed by atoms with van der Waals surface area (Å²) in [6, 6.07) is 17.2. The molecule has 1 heterocycles. The number of nitrogens with zero attached hydrogens (tertiary/aromatic N) is 3. The van der Waals surface area contributed by atoms with Crippen molar-refractivity contribution >= 4 is 11.6 Å². The first-order chi connectivity index (χ1) is 15.3. The average molecular weight is 435 g/mol. The number of likely N-dealkylation sites (tertiary alicyclic amines) is 1. The van der Waals surface area contributed by atoms with Crippen LogP contribution in [-0.2, 0) is 11.3 Å². The molecule has 3 atom stereocenters. The average Bonchev–Trinajstić information content (AvgIpc) is 2.78. The predicted molar refractivity (Wildman–Crippen MR) is 114 cm³/mol. The van der Waals surface area contributed by atoms with Gasteiger partial charge in [0.25, 0.3) is 5.54 Å². The van der Waals surface area contributed by atoms with Crippen molar-refractivity contribution in [3.63, 3.8) is 0 Å². The van der Waals surface area contributed by atoms with E-state index in [4.69, 9.17) is 0 Å². The van der Waals surface area contributed by atoms with Gasteiger partial charge in [0.2, 0.25) is 5.78 Å². The number of carbonyl (C=O) groups excluding carboxylic acids is 2. The zero-order valence-electron chi connectivity index (χ0n) is 17.1. The second-order valence-corrected chi connectivity index (χ2v) is 8.30. The largest absolute Gasteiger partial charge is 0.305 e. The minimum Gasteiger partial charge on any atom is -0.294 e. The first kappa shape index (κ1) is 21.5. The summed E-state index contributed by atoms with van der Waals surface area (Å²) in [5, 5.41) is 24.7. The summed E-state index contributed by atoms with van der Waals surface area (Å²) in [4.78, 5) is 51.0. The molecule has 0 N–H and O–H groups in total. The van der Waals surface area contributed by atoms with Gasteiger partial charge in [0.1, 0.15) is 5.92 Å². The van der Waals surface area contributed by atoms with Crippen molar-refractivity contribution in [3.05, 3.63) is 104 Å². The molecular weight excluding hydrogens is 414 g/mol. The Morgan fingerprint density at radius 1 is 0.969 bits per heavy atom. The van der Waals surface area contributed by atoms with Crippen LogP contribution in [0.5, 0.6) is 0 Å². The lowest BCUT2D eigenvalue weighted by atomic mass is 9.60. The molecule has 164 valence electrons. The Labute approximate surface area is 183 Å². The standard InChI is InChI=1S/C23H21N3O6/c27-19(18-9-5-2-6-10-18)13-20-22(25(29)30)12-11-21(28)23(20,26(31)32)16-24(15-22)14-17-7-3-1-4-8-17/h1-12,20H,13-16H2/t20-,22+,23-/m1/s1. The normalized spacial score (nSPS) is 27.1. The van der Waals surface area contributed by atoms with Gasteiger partial charge in [-0.05, 0) is 17.7 Å². The molecule has 0 spiro atoms. The fourth-order valence-corrected chi connectivity index (χ4v) is 4.92. The summed E-state index contributed by atoms with van der Waals surface area (Å²) < 4.78 is 0. The van der Waals surface area contributed by atoms with E-state index in [1.165, 1.54) is 0 Å². The minimum atomic E-state index is -2.28. The van der Waals surface area contributed by atoms with E-state index in [0.717, 1.165) is 17.7 Å². The molecule has 2 aromatic carbocycles. The fraction of sp³-hybridized carbons (Fsp3) is 0.304. The Morgan fingerprint density at radius 2 is 1.59 bits per heavy atom. The Morgan fingerprint density at radius 3 is 2.19 bits per heavy atom. The van der Waals surface area contributed by atoms with E-state index in [0.29, 0.717) is 5.56 Å². The van der Waals surface area contributed by atoms with Crippen LogP contribution in [0.25, 0.3) is 0 Å². The van der Waals surface area contributed by atoms with Gasteiger partial charge in [-0.3, -0.25) is 34.7 Å². The molecule has 0 amide bonds. The number of Topliss-reactive ketones (excluding diaryl/α,β-unsaturated/α-hetero) is 1. The van der Waals surface area contributed by atoms with Crippen LogP contribution in [0.1, 0.15) is 22.3 Å². The smallest absolute Gasteiger partial charge is 0.294 e. The third-order valence-electron chi connectivity index (χ3n) is 6.47. The Hall–Kier alpha value is -3.72. The van der Waals surface area contributed by atoms with Gasteiger partial charge in [-0.25, -0.2) is 0 Å². The van der Waals surface area contributed by atoms with Crippen molar-refractivity contribution in [3.8, 4) is 0 Å². The number of carbonyl (C=O) groups is 2. The van der Waals surface area contributed by atoms with Crippen molar-refractivity contribution < 1.29 is 19.4 Å². The molecule has 0 unspecified atom stereocenters. The maximum atomic E-state index is 13.0. The molecule has 4 rings (SSSR count). The summed E-state index contributed by atoms with van der Waals surface area (Å²) in [6.07, 6.45) is 1.63. The van der Waals surface area contributed by atoms with Crippen LogP contribution in [0, 0.1) is 26.1 Å². The summed E-state index contributed by atoms with van der Waals surface area (Å²) in [5.41, 5.74) is -3.10. The van der Waals surface area contributed by atoms with Crippen molar-refractivity contribution in [2.45, 2.75) is 24.0 Å². The summed E-state index contributed by atoms with van der Waals surface area (Å²) >= 11 is 0. The van der Waals surface area contributed by atoms with E-state index < -0.39 is 44.8 Å². The number of nitro groups is 2. The molecule has 2 aliphatic rings. The van der Waals surface area contributed by atoms with E-state index in [2.05, 4.69) is 0 Å². The Kier molecular flexibility index (Phi) is 5.43. The maximum Gasteiger partial charge on any atom is 0.305 e. The van der Waals surface area contributed by atoms with Crippen LogP contribution < -0.4 is 0 Å². The number of fused-ring (bicyclic) bond motifs is 2. The molecule has 0 radical (unpaired) electrons. The third kappa shape index (κ3) is 3.40. The highest BCUT2D eigenvalue weighted by molar-refractivity contribution is 6.01. The highest BCUT2D eigenvalue weighted by Crippen LogP contribution is 2.46. The number of hydrogen-bond acceptors (Lipinski definition) is 7. The van der Waals surface area contributed by atoms with Gasteiger partial charge in [-0.2, -0.15) is 0 Å². The molecule has 2 bridgehead atoms. The minimum absolute atomic E-state index is 0.138. The fourth-order valence-electron chi connectivity index (χ4n) is 4.92. The van der Waals surface area contributed by atoms with Gasteiger partial charge < -0.3 is 0 Å². The van der Waals surface area contributed by atoms with Gasteiger partial charge in [-0.15, -0.1) is 0 Å². The van der Waals surface area contributed by atoms with Crippen LogP contribution in [0.4, 0.5) is 0 Å². The first-order valence-electron chi connectivity index (χ1n) is 10.2. The zero-order chi connectivity index (χ0) is 22.9. The molecule has 32 heavy (non-hydrogen) atoms. The molecule has 0 saturated carbocycles. The molecule has 1 aliphatic heterocycles. The molecule has 2 aromatic rings. The van der Waals surface area contributed by atoms with Gasteiger partial charge >= 0.3 is 5.54 Å². The van der Waals surface area contributed by atoms with Crippen molar-refractivity contribution in [1.29, 1.82) is 0 Å². The quantitative estimate of drug-likeness (QED) is 0.372. The van der Waals surface area contributed by atoms with Gasteiger partial charge in [0.15, 0.2) is 5.78 Å². The zero-order valence-corrected chi connectivity index (χ0v) is 17.1. The highest BCUT2D eigenvalue weighted by atomic mass is 16.6. The lowest BCUT2D eigenvalue weighted by molar-refractivity contribution is -0.624. The van der Waals surface area contributed by atoms with Crippen molar-refractivity contribution in [2.75, 3.05) is 13.1 Å². The second kappa shape index (κ2) is 8.08. The molecule has 1 aliphatic carbocycles. The summed E-state index contributed by atoms with van der Waals surface area (Å²) in [5.74, 6) is -2.69. The second-order valence-electron chi connectivity index (χ2n) is 8.30. The van der Waals surface area contributed by atoms with E-state index >= 15 is 0 Å². The molecule has 1 saturated heterocycles. The van der Waals surface area contributed by atoms with Crippen LogP contribution in [0.3, 0.4) is 0 Å². The summed E-state index contributed by atoms with van der Waals surface area (Å²) in [7, 11) is 0. The number of piperidine rings is 1. The van der Waals surface area contributed by atoms with Crippen molar-refractivity contribution in [1.82, 2.24) is 4.90 Å². The van der Waals surface area contributed by atoms with Crippen LogP contribution in [-0.4, -0.2) is 50.5 Å². The lowest BCUT2D eigenvalue weighted by Crippen LogP contribution is -2.75. The summed E-state index contributed by atoms with van der Waals surface area (Å²) in [6.45, 7) is -0.228. The van der Waals surface area contributed by atoms with Gasteiger partial charge in [-0.1, -0.05) is 60.7 Å². The maximum absolute atomic E-state index is 13.0. The van der Waals surface area contributed by atoms with E-state index in [1.54, 1.807) is 47.4 Å². The topological polar surface area (TPSA) is 124 Å². The van der Waals surface area contributed by atoms with Gasteiger partial charge in [0.05, 0.1) is 13.1 Å². The number of rotatable bonds is 7. The number of benzene rings is 2. The van der Waals surface area contributed by atoms with E-state index in [9.17, 15) is 29.8 Å².